The van der Waals surface area contributed by atoms with E-state index in [9.17, 15) is 13.2 Å². The third-order valence-electron chi connectivity index (χ3n) is 5.56. The van der Waals surface area contributed by atoms with E-state index in [4.69, 9.17) is 9.15 Å². The smallest absolute Gasteiger partial charge is 0.287 e. The van der Waals surface area contributed by atoms with E-state index in [0.29, 0.717) is 23.4 Å². The Labute approximate surface area is 185 Å². The van der Waals surface area contributed by atoms with Gasteiger partial charge in [-0.15, -0.1) is 0 Å². The van der Waals surface area contributed by atoms with Gasteiger partial charge in [0.25, 0.3) is 5.91 Å². The van der Waals surface area contributed by atoms with Gasteiger partial charge in [0.2, 0.25) is 0 Å². The molecule has 0 saturated heterocycles. The molecule has 4 aromatic rings. The highest BCUT2D eigenvalue weighted by atomic mass is 32.2. The number of rotatable bonds is 5. The first kappa shape index (κ1) is 20.3. The van der Waals surface area contributed by atoms with Gasteiger partial charge in [-0.25, -0.2) is 8.42 Å². The Bertz CT molecular complexity index is 1390. The third-order valence-corrected chi connectivity index (χ3v) is 6.69. The lowest BCUT2D eigenvalue weighted by Gasteiger charge is -2.11. The van der Waals surface area contributed by atoms with Crippen LogP contribution in [-0.4, -0.2) is 33.2 Å². The number of fused-ring (bicyclic) bond motifs is 2. The molecular weight excluding hydrogens is 426 g/mol. The number of hydrogen-bond donors (Lipinski definition) is 1. The molecule has 7 heteroatoms. The van der Waals surface area contributed by atoms with Gasteiger partial charge in [0.05, 0.1) is 11.4 Å². The first-order valence-electron chi connectivity index (χ1n) is 10.2. The van der Waals surface area contributed by atoms with Gasteiger partial charge < -0.3 is 14.5 Å². The van der Waals surface area contributed by atoms with Crippen molar-refractivity contribution in [3.63, 3.8) is 0 Å². The minimum atomic E-state index is -3.22. The highest BCUT2D eigenvalue weighted by Crippen LogP contribution is 2.33. The summed E-state index contributed by atoms with van der Waals surface area (Å²) in [4.78, 5) is 12.8. The molecule has 32 heavy (non-hydrogen) atoms. The summed E-state index contributed by atoms with van der Waals surface area (Å²) < 4.78 is 34.9. The molecule has 0 bridgehead atoms. The largest absolute Gasteiger partial charge is 0.488 e. The first-order chi connectivity index (χ1) is 15.4. The zero-order chi connectivity index (χ0) is 22.3. The monoisotopic (exact) mass is 447 g/mol. The Morgan fingerprint density at radius 3 is 2.50 bits per heavy atom. The maximum Gasteiger partial charge on any atom is 0.287 e. The molecule has 0 spiro atoms. The van der Waals surface area contributed by atoms with Crippen LogP contribution in [0.15, 0.2) is 82.1 Å². The Balaban J connectivity index is 1.24. The van der Waals surface area contributed by atoms with Gasteiger partial charge in [0.1, 0.15) is 17.4 Å². The maximum absolute atomic E-state index is 12.5. The summed E-state index contributed by atoms with van der Waals surface area (Å²) >= 11 is 0. The summed E-state index contributed by atoms with van der Waals surface area (Å²) in [6.45, 7) is 0.364. The van der Waals surface area contributed by atoms with Crippen LogP contribution in [0.2, 0.25) is 0 Å². The van der Waals surface area contributed by atoms with Crippen LogP contribution in [0.1, 0.15) is 16.1 Å². The molecule has 1 aromatic heterocycles. The van der Waals surface area contributed by atoms with E-state index in [1.54, 1.807) is 30.3 Å². The summed E-state index contributed by atoms with van der Waals surface area (Å²) in [7, 11) is -3.22. The molecule has 3 aromatic carbocycles. The maximum atomic E-state index is 12.5. The van der Waals surface area contributed by atoms with Crippen LogP contribution in [-0.2, 0) is 16.3 Å². The molecule has 0 fully saturated rings. The second kappa shape index (κ2) is 7.84. The van der Waals surface area contributed by atoms with Gasteiger partial charge >= 0.3 is 0 Å². The van der Waals surface area contributed by atoms with Crippen molar-refractivity contribution in [2.75, 3.05) is 12.8 Å². The Hall–Kier alpha value is -3.58. The summed E-state index contributed by atoms with van der Waals surface area (Å²) in [6.07, 6.45) is 1.70. The van der Waals surface area contributed by atoms with E-state index >= 15 is 0 Å². The fourth-order valence-electron chi connectivity index (χ4n) is 3.90. The number of ether oxygens (including phenoxy) is 1. The molecule has 1 aliphatic heterocycles. The minimum absolute atomic E-state index is 0.166. The number of carbonyl (C=O) groups excluding carboxylic acids is 1. The lowest BCUT2D eigenvalue weighted by molar-refractivity contribution is 0.0908. The predicted molar refractivity (Wildman–Crippen MR) is 122 cm³/mol. The number of para-hydroxylation sites is 1. The number of amides is 1. The van der Waals surface area contributed by atoms with E-state index in [1.165, 1.54) is 6.26 Å². The predicted octanol–water partition coefficient (Wildman–Crippen LogP) is 4.24. The topological polar surface area (TPSA) is 85.6 Å². The van der Waals surface area contributed by atoms with Gasteiger partial charge in [0, 0.05) is 18.1 Å². The van der Waals surface area contributed by atoms with Crippen molar-refractivity contribution in [1.29, 1.82) is 0 Å². The van der Waals surface area contributed by atoms with E-state index in [-0.39, 0.29) is 17.8 Å². The van der Waals surface area contributed by atoms with E-state index in [0.717, 1.165) is 27.8 Å². The Kier molecular flexibility index (Phi) is 4.98. The van der Waals surface area contributed by atoms with Gasteiger partial charge in [-0.1, -0.05) is 36.4 Å². The van der Waals surface area contributed by atoms with Crippen LogP contribution in [0, 0.1) is 0 Å². The van der Waals surface area contributed by atoms with Crippen LogP contribution in [0.25, 0.3) is 22.1 Å². The van der Waals surface area contributed by atoms with Crippen molar-refractivity contribution >= 4 is 26.7 Å². The number of sulfone groups is 1. The van der Waals surface area contributed by atoms with E-state index in [1.807, 2.05) is 42.5 Å². The average Bonchev–Trinajstić information content (AvgIpc) is 3.40. The van der Waals surface area contributed by atoms with Crippen molar-refractivity contribution < 1.29 is 22.4 Å². The second-order valence-electron chi connectivity index (χ2n) is 7.92. The molecule has 6 nitrogen and oxygen atoms in total. The number of carbonyl (C=O) groups is 1. The first-order valence-corrected chi connectivity index (χ1v) is 12.1. The van der Waals surface area contributed by atoms with Gasteiger partial charge in [-0.2, -0.15) is 0 Å². The highest BCUT2D eigenvalue weighted by Gasteiger charge is 2.24. The van der Waals surface area contributed by atoms with Crippen LogP contribution < -0.4 is 10.1 Å². The second-order valence-corrected chi connectivity index (χ2v) is 9.94. The van der Waals surface area contributed by atoms with Crippen molar-refractivity contribution in [1.82, 2.24) is 5.32 Å². The molecule has 1 unspecified atom stereocenters. The summed E-state index contributed by atoms with van der Waals surface area (Å²) in [5.74, 6) is 0.804. The molecule has 1 N–H and O–H groups in total. The number of benzene rings is 3. The van der Waals surface area contributed by atoms with Gasteiger partial charge in [-0.3, -0.25) is 4.79 Å². The Morgan fingerprint density at radius 1 is 1.00 bits per heavy atom. The molecule has 1 aliphatic rings. The highest BCUT2D eigenvalue weighted by molar-refractivity contribution is 7.90. The molecule has 0 saturated carbocycles. The number of furan rings is 1. The van der Waals surface area contributed by atoms with Crippen molar-refractivity contribution in [3.8, 4) is 16.9 Å². The molecule has 5 rings (SSSR count). The normalized spacial score (nSPS) is 15.3. The number of nitrogens with one attached hydrogen (secondary N) is 1. The molecule has 0 aliphatic carbocycles. The average molecular weight is 448 g/mol. The van der Waals surface area contributed by atoms with Crippen LogP contribution >= 0.6 is 0 Å². The van der Waals surface area contributed by atoms with Gasteiger partial charge in [-0.05, 0) is 53.1 Å². The third kappa shape index (κ3) is 3.99. The fourth-order valence-corrected chi connectivity index (χ4v) is 4.53. The van der Waals surface area contributed by atoms with Crippen molar-refractivity contribution in [2.45, 2.75) is 17.4 Å². The SMILES string of the molecule is CS(=O)(=O)c1ccc(-c2ccc3c(c2)CC(CNC(=O)c2cc4ccccc4o2)O3)cc1. The van der Waals surface area contributed by atoms with E-state index in [2.05, 4.69) is 5.32 Å². The number of hydrogen-bond acceptors (Lipinski definition) is 5. The lowest BCUT2D eigenvalue weighted by atomic mass is 10.0. The molecular formula is C25H21NO5S. The van der Waals surface area contributed by atoms with Crippen molar-refractivity contribution in [3.05, 3.63) is 84.1 Å². The fraction of sp³-hybridized carbons (Fsp3) is 0.160. The van der Waals surface area contributed by atoms with Crippen LogP contribution in [0.3, 0.4) is 0 Å². The summed E-state index contributed by atoms with van der Waals surface area (Å²) in [5.41, 5.74) is 3.65. The molecule has 0 radical (unpaired) electrons. The van der Waals surface area contributed by atoms with Crippen LogP contribution in [0.4, 0.5) is 0 Å². The summed E-state index contributed by atoms with van der Waals surface area (Å²) in [6, 6.07) is 22.0. The quantitative estimate of drug-likeness (QED) is 0.495. The molecule has 2 heterocycles. The van der Waals surface area contributed by atoms with Gasteiger partial charge in [0.15, 0.2) is 15.6 Å². The molecule has 162 valence electrons. The standard InChI is InChI=1S/C25H21NO5S/c1-32(28,29)21-9-6-16(7-10-21)17-8-11-23-19(12-17)13-20(30-23)15-26-25(27)24-14-18-4-2-3-5-22(18)31-24/h2-12,14,20H,13,15H2,1H3,(H,26,27). The minimum Gasteiger partial charge on any atom is -0.488 e. The van der Waals surface area contributed by atoms with Crippen molar-refractivity contribution in [2.24, 2.45) is 0 Å². The summed E-state index contributed by atoms with van der Waals surface area (Å²) in [5, 5.41) is 3.78. The lowest BCUT2D eigenvalue weighted by Crippen LogP contribution is -2.34. The van der Waals surface area contributed by atoms with E-state index < -0.39 is 9.84 Å². The Morgan fingerprint density at radius 2 is 1.75 bits per heavy atom. The molecule has 1 amide bonds. The van der Waals surface area contributed by atoms with Crippen LogP contribution in [0.5, 0.6) is 5.75 Å². The molecule has 1 atom stereocenters. The zero-order valence-electron chi connectivity index (χ0n) is 17.4. The zero-order valence-corrected chi connectivity index (χ0v) is 18.2.